The number of hydrogen-bond acceptors (Lipinski definition) is 4. The average molecular weight is 346 g/mol. The molecule has 1 aromatic carbocycles. The predicted octanol–water partition coefficient (Wildman–Crippen LogP) is 3.90. The molecule has 5 nitrogen and oxygen atoms in total. The average Bonchev–Trinajstić information content (AvgIpc) is 3.51. The first kappa shape index (κ1) is 16.5. The number of nitrogen functional groups attached to an aromatic ring is 1. The van der Waals surface area contributed by atoms with Crippen LogP contribution in [-0.2, 0) is 0 Å². The molecule has 132 valence electrons. The molecule has 26 heavy (non-hydrogen) atoms. The zero-order valence-corrected chi connectivity index (χ0v) is 14.8. The Labute approximate surface area is 152 Å². The largest absolute Gasteiger partial charge is 0.396 e. The van der Waals surface area contributed by atoms with Crippen molar-refractivity contribution in [2.24, 2.45) is 0 Å². The van der Waals surface area contributed by atoms with Crippen molar-refractivity contribution in [3.63, 3.8) is 0 Å². The van der Waals surface area contributed by atoms with Crippen LogP contribution in [0.4, 0.5) is 5.69 Å². The zero-order valence-electron chi connectivity index (χ0n) is 14.8. The van der Waals surface area contributed by atoms with Crippen LogP contribution < -0.4 is 11.1 Å². The van der Waals surface area contributed by atoms with Crippen LogP contribution in [0.3, 0.4) is 0 Å². The Bertz CT molecular complexity index is 979. The Morgan fingerprint density at radius 1 is 1.15 bits per heavy atom. The van der Waals surface area contributed by atoms with E-state index >= 15 is 0 Å². The first-order valence-corrected chi connectivity index (χ1v) is 9.11. The van der Waals surface area contributed by atoms with Gasteiger partial charge in [0.15, 0.2) is 5.69 Å². The van der Waals surface area contributed by atoms with Gasteiger partial charge in [0.05, 0.1) is 11.4 Å². The molecule has 0 atom stereocenters. The third kappa shape index (κ3) is 2.90. The van der Waals surface area contributed by atoms with Gasteiger partial charge in [0, 0.05) is 41.2 Å². The van der Waals surface area contributed by atoms with Crippen molar-refractivity contribution < 1.29 is 4.79 Å². The van der Waals surface area contributed by atoms with Crippen LogP contribution in [0.25, 0.3) is 21.9 Å². The standard InChI is InChI=1S/C21H22N4O/c1-2-10-24-21(26)20-18(22)15-6-3-5-14(17(15)12-25-20)16-7-4-11-23-19(16)13-8-9-13/h3-7,11-13H,2,8-10,22H2,1H3,(H,24,26). The number of hydrogen-bond donors (Lipinski definition) is 2. The lowest BCUT2D eigenvalue weighted by molar-refractivity contribution is 0.0950. The number of carbonyl (C=O) groups excluding carboxylic acids is 1. The molecule has 1 saturated carbocycles. The summed E-state index contributed by atoms with van der Waals surface area (Å²) in [4.78, 5) is 21.3. The molecule has 4 rings (SSSR count). The van der Waals surface area contributed by atoms with Crippen molar-refractivity contribution >= 4 is 22.4 Å². The van der Waals surface area contributed by atoms with E-state index in [1.165, 1.54) is 12.8 Å². The summed E-state index contributed by atoms with van der Waals surface area (Å²) in [6.07, 6.45) is 6.86. The molecular formula is C21H22N4O. The summed E-state index contributed by atoms with van der Waals surface area (Å²) in [6.45, 7) is 2.62. The number of nitrogens with one attached hydrogen (secondary N) is 1. The van der Waals surface area contributed by atoms with Crippen molar-refractivity contribution in [1.82, 2.24) is 15.3 Å². The molecule has 2 aromatic heterocycles. The van der Waals surface area contributed by atoms with E-state index in [9.17, 15) is 4.79 Å². The number of anilines is 1. The fraction of sp³-hybridized carbons (Fsp3) is 0.286. The summed E-state index contributed by atoms with van der Waals surface area (Å²) >= 11 is 0. The minimum atomic E-state index is -0.225. The van der Waals surface area contributed by atoms with Gasteiger partial charge in [0.1, 0.15) is 0 Å². The van der Waals surface area contributed by atoms with Gasteiger partial charge in [-0.1, -0.05) is 31.2 Å². The van der Waals surface area contributed by atoms with Gasteiger partial charge in [-0.3, -0.25) is 9.78 Å². The molecule has 0 bridgehead atoms. The highest BCUT2D eigenvalue weighted by molar-refractivity contribution is 6.09. The molecule has 3 aromatic rings. The Morgan fingerprint density at radius 3 is 2.73 bits per heavy atom. The van der Waals surface area contributed by atoms with Gasteiger partial charge in [-0.05, 0) is 30.9 Å². The van der Waals surface area contributed by atoms with Crippen LogP contribution in [0.15, 0.2) is 42.7 Å². The van der Waals surface area contributed by atoms with E-state index < -0.39 is 0 Å². The molecule has 1 aliphatic carbocycles. The minimum absolute atomic E-state index is 0.225. The van der Waals surface area contributed by atoms with Crippen molar-refractivity contribution in [3.05, 3.63) is 54.1 Å². The van der Waals surface area contributed by atoms with Gasteiger partial charge in [0.2, 0.25) is 0 Å². The van der Waals surface area contributed by atoms with E-state index in [2.05, 4.69) is 27.4 Å². The van der Waals surface area contributed by atoms with Gasteiger partial charge in [-0.15, -0.1) is 0 Å². The van der Waals surface area contributed by atoms with E-state index in [0.29, 0.717) is 18.2 Å². The highest BCUT2D eigenvalue weighted by Gasteiger charge is 2.28. The van der Waals surface area contributed by atoms with Crippen LogP contribution in [-0.4, -0.2) is 22.4 Å². The number of carbonyl (C=O) groups is 1. The molecule has 0 spiro atoms. The fourth-order valence-corrected chi connectivity index (χ4v) is 3.33. The number of rotatable bonds is 5. The summed E-state index contributed by atoms with van der Waals surface area (Å²) in [5, 5.41) is 4.64. The number of fused-ring (bicyclic) bond motifs is 1. The van der Waals surface area contributed by atoms with Gasteiger partial charge in [-0.2, -0.15) is 0 Å². The highest BCUT2D eigenvalue weighted by atomic mass is 16.1. The quantitative estimate of drug-likeness (QED) is 0.734. The van der Waals surface area contributed by atoms with Crippen LogP contribution in [0, 0.1) is 0 Å². The highest BCUT2D eigenvalue weighted by Crippen LogP contribution is 2.44. The van der Waals surface area contributed by atoms with E-state index in [4.69, 9.17) is 5.73 Å². The van der Waals surface area contributed by atoms with Crippen molar-refractivity contribution in [3.8, 4) is 11.1 Å². The van der Waals surface area contributed by atoms with Gasteiger partial charge in [-0.25, -0.2) is 4.98 Å². The smallest absolute Gasteiger partial charge is 0.272 e. The second-order valence-electron chi connectivity index (χ2n) is 6.75. The molecule has 3 N–H and O–H groups in total. The third-order valence-corrected chi connectivity index (χ3v) is 4.82. The monoisotopic (exact) mass is 346 g/mol. The maximum Gasteiger partial charge on any atom is 0.272 e. The Morgan fingerprint density at radius 2 is 1.96 bits per heavy atom. The Hall–Kier alpha value is -2.95. The van der Waals surface area contributed by atoms with Crippen LogP contribution in [0.1, 0.15) is 48.3 Å². The molecule has 1 fully saturated rings. The third-order valence-electron chi connectivity index (χ3n) is 4.82. The van der Waals surface area contributed by atoms with Gasteiger partial charge < -0.3 is 11.1 Å². The SMILES string of the molecule is CCCNC(=O)c1ncc2c(-c3cccnc3C3CC3)cccc2c1N. The topological polar surface area (TPSA) is 80.9 Å². The first-order chi connectivity index (χ1) is 12.7. The second kappa shape index (κ2) is 6.75. The number of aromatic nitrogens is 2. The van der Waals surface area contributed by atoms with Crippen LogP contribution >= 0.6 is 0 Å². The first-order valence-electron chi connectivity index (χ1n) is 9.11. The molecule has 1 aliphatic rings. The molecule has 5 heteroatoms. The van der Waals surface area contributed by atoms with E-state index in [1.807, 2.05) is 31.3 Å². The Balaban J connectivity index is 1.84. The lowest BCUT2D eigenvalue weighted by atomic mass is 9.96. The van der Waals surface area contributed by atoms with E-state index in [1.54, 1.807) is 6.20 Å². The molecule has 1 amide bonds. The van der Waals surface area contributed by atoms with Gasteiger partial charge >= 0.3 is 0 Å². The zero-order chi connectivity index (χ0) is 18.1. The summed E-state index contributed by atoms with van der Waals surface area (Å²) in [6, 6.07) is 10.1. The summed E-state index contributed by atoms with van der Waals surface area (Å²) in [7, 11) is 0. The number of nitrogens with zero attached hydrogens (tertiary/aromatic N) is 2. The van der Waals surface area contributed by atoms with Gasteiger partial charge in [0.25, 0.3) is 5.91 Å². The van der Waals surface area contributed by atoms with Crippen LogP contribution in [0.5, 0.6) is 0 Å². The van der Waals surface area contributed by atoms with Crippen molar-refractivity contribution in [2.45, 2.75) is 32.1 Å². The number of nitrogens with two attached hydrogens (primary N) is 1. The fourth-order valence-electron chi connectivity index (χ4n) is 3.33. The van der Waals surface area contributed by atoms with E-state index in [0.717, 1.165) is 34.0 Å². The maximum atomic E-state index is 12.3. The lowest BCUT2D eigenvalue weighted by Crippen LogP contribution is -2.26. The molecule has 0 unspecified atom stereocenters. The summed E-state index contributed by atoms with van der Waals surface area (Å²) in [5.74, 6) is 0.322. The molecule has 2 heterocycles. The lowest BCUT2D eigenvalue weighted by Gasteiger charge is -2.13. The summed E-state index contributed by atoms with van der Waals surface area (Å²) in [5.41, 5.74) is 10.4. The van der Waals surface area contributed by atoms with Crippen molar-refractivity contribution in [2.75, 3.05) is 12.3 Å². The number of benzene rings is 1. The second-order valence-corrected chi connectivity index (χ2v) is 6.75. The molecule has 0 aliphatic heterocycles. The minimum Gasteiger partial charge on any atom is -0.396 e. The molecular weight excluding hydrogens is 324 g/mol. The predicted molar refractivity (Wildman–Crippen MR) is 104 cm³/mol. The molecule has 0 radical (unpaired) electrons. The molecule has 0 saturated heterocycles. The normalized spacial score (nSPS) is 13.7. The van der Waals surface area contributed by atoms with Crippen LogP contribution in [0.2, 0.25) is 0 Å². The number of pyridine rings is 2. The van der Waals surface area contributed by atoms with Crippen molar-refractivity contribution in [1.29, 1.82) is 0 Å². The Kier molecular flexibility index (Phi) is 4.29. The van der Waals surface area contributed by atoms with E-state index in [-0.39, 0.29) is 11.6 Å². The summed E-state index contributed by atoms with van der Waals surface area (Å²) < 4.78 is 0. The maximum absolute atomic E-state index is 12.3. The number of amides is 1.